The summed E-state index contributed by atoms with van der Waals surface area (Å²) in [5, 5.41) is 0. The van der Waals surface area contributed by atoms with Crippen molar-refractivity contribution in [3.63, 3.8) is 0 Å². The molecule has 0 atom stereocenters. The normalized spacial score (nSPS) is 15.7. The Morgan fingerprint density at radius 3 is 2.63 bits per heavy atom. The monoisotopic (exact) mass is 258 g/mol. The zero-order valence-corrected chi connectivity index (χ0v) is 10.8. The number of amides is 3. The van der Waals surface area contributed by atoms with Crippen LogP contribution in [0.4, 0.5) is 5.69 Å². The number of hydrogen-bond acceptors (Lipinski definition) is 3. The van der Waals surface area contributed by atoms with Crippen LogP contribution in [0.25, 0.3) is 0 Å². The van der Waals surface area contributed by atoms with E-state index in [1.807, 2.05) is 0 Å². The Labute approximate surface area is 111 Å². The Bertz CT molecular complexity index is 578. The highest BCUT2D eigenvalue weighted by Crippen LogP contribution is 2.25. The van der Waals surface area contributed by atoms with Gasteiger partial charge in [-0.15, -0.1) is 0 Å². The van der Waals surface area contributed by atoms with E-state index in [2.05, 4.69) is 0 Å². The summed E-state index contributed by atoms with van der Waals surface area (Å²) in [7, 11) is 1.54. The number of imide groups is 1. The van der Waals surface area contributed by atoms with Gasteiger partial charge < -0.3 is 4.90 Å². The zero-order valence-electron chi connectivity index (χ0n) is 10.8. The van der Waals surface area contributed by atoms with Crippen molar-refractivity contribution < 1.29 is 14.4 Å². The van der Waals surface area contributed by atoms with Gasteiger partial charge in [-0.2, -0.15) is 0 Å². The maximum Gasteiger partial charge on any atom is 0.257 e. The van der Waals surface area contributed by atoms with Crippen LogP contribution in [0.15, 0.2) is 36.4 Å². The van der Waals surface area contributed by atoms with E-state index in [-0.39, 0.29) is 12.5 Å². The number of para-hydroxylation sites is 1. The van der Waals surface area contributed by atoms with Gasteiger partial charge in [-0.3, -0.25) is 14.4 Å². The summed E-state index contributed by atoms with van der Waals surface area (Å²) in [6.07, 6.45) is 2.87. The third-order valence-electron chi connectivity index (χ3n) is 2.87. The second-order valence-corrected chi connectivity index (χ2v) is 4.25. The Morgan fingerprint density at radius 1 is 1.26 bits per heavy atom. The molecule has 0 aromatic heterocycles. The Kier molecular flexibility index (Phi) is 3.46. The second-order valence-electron chi connectivity index (χ2n) is 4.25. The van der Waals surface area contributed by atoms with E-state index < -0.39 is 11.8 Å². The predicted molar refractivity (Wildman–Crippen MR) is 70.7 cm³/mol. The van der Waals surface area contributed by atoms with Crippen LogP contribution in [0, 0.1) is 0 Å². The Balaban J connectivity index is 2.60. The van der Waals surface area contributed by atoms with Crippen LogP contribution < -0.4 is 4.90 Å². The summed E-state index contributed by atoms with van der Waals surface area (Å²) in [5.41, 5.74) is 0.693. The topological polar surface area (TPSA) is 57.7 Å². The third-order valence-corrected chi connectivity index (χ3v) is 2.87. The van der Waals surface area contributed by atoms with Crippen LogP contribution in [-0.4, -0.2) is 36.2 Å². The summed E-state index contributed by atoms with van der Waals surface area (Å²) < 4.78 is 0. The molecule has 1 aromatic carbocycles. The first-order valence-corrected chi connectivity index (χ1v) is 5.90. The summed E-state index contributed by atoms with van der Waals surface area (Å²) in [4.78, 5) is 38.6. The van der Waals surface area contributed by atoms with Crippen molar-refractivity contribution in [2.45, 2.75) is 6.92 Å². The molecule has 0 unspecified atom stereocenters. The highest BCUT2D eigenvalue weighted by Gasteiger charge is 2.32. The number of allylic oxidation sites excluding steroid dienone is 1. The first kappa shape index (κ1) is 13.0. The fourth-order valence-corrected chi connectivity index (χ4v) is 1.99. The number of anilines is 1. The van der Waals surface area contributed by atoms with Crippen LogP contribution >= 0.6 is 0 Å². The SMILES string of the molecule is C/C=C/C(=O)N1C(=O)CN(C)C(=O)c2ccccc21. The number of carbonyl (C=O) groups excluding carboxylic acids is 3. The molecule has 0 bridgehead atoms. The molecule has 0 spiro atoms. The number of fused-ring (bicyclic) bond motifs is 1. The van der Waals surface area contributed by atoms with Crippen molar-refractivity contribution in [3.05, 3.63) is 42.0 Å². The van der Waals surface area contributed by atoms with Gasteiger partial charge in [0.25, 0.3) is 17.7 Å². The zero-order chi connectivity index (χ0) is 14.0. The lowest BCUT2D eigenvalue weighted by Gasteiger charge is -2.18. The molecule has 0 aliphatic carbocycles. The minimum absolute atomic E-state index is 0.114. The number of benzene rings is 1. The quantitative estimate of drug-likeness (QED) is 0.711. The Hall–Kier alpha value is -2.43. The summed E-state index contributed by atoms with van der Waals surface area (Å²) >= 11 is 0. The maximum atomic E-state index is 12.1. The van der Waals surface area contributed by atoms with Crippen LogP contribution in [0.2, 0.25) is 0 Å². The molecule has 1 aliphatic heterocycles. The highest BCUT2D eigenvalue weighted by atomic mass is 16.2. The molecule has 3 amide bonds. The standard InChI is InChI=1S/C14H14N2O3/c1-3-6-12(17)16-11-8-5-4-7-10(11)14(19)15(2)9-13(16)18/h3-8H,9H2,1-2H3/b6-3+. The van der Waals surface area contributed by atoms with Gasteiger partial charge in [0.2, 0.25) is 0 Å². The average Bonchev–Trinajstić information content (AvgIpc) is 2.47. The lowest BCUT2D eigenvalue weighted by atomic mass is 10.1. The van der Waals surface area contributed by atoms with Gasteiger partial charge in [-0.1, -0.05) is 18.2 Å². The first-order chi connectivity index (χ1) is 9.06. The largest absolute Gasteiger partial charge is 0.332 e. The molecular weight excluding hydrogens is 244 g/mol. The van der Waals surface area contributed by atoms with Crippen molar-refractivity contribution in [2.24, 2.45) is 0 Å². The van der Waals surface area contributed by atoms with Crippen LogP contribution in [0.1, 0.15) is 17.3 Å². The van der Waals surface area contributed by atoms with Gasteiger partial charge in [0.1, 0.15) is 6.54 Å². The van der Waals surface area contributed by atoms with E-state index in [4.69, 9.17) is 0 Å². The summed E-state index contributed by atoms with van der Waals surface area (Å²) in [6.45, 7) is 1.58. The van der Waals surface area contributed by atoms with E-state index in [1.54, 1.807) is 44.3 Å². The molecule has 0 saturated carbocycles. The molecule has 0 saturated heterocycles. The van der Waals surface area contributed by atoms with Crippen molar-refractivity contribution in [1.29, 1.82) is 0 Å². The average molecular weight is 258 g/mol. The predicted octanol–water partition coefficient (Wildman–Crippen LogP) is 1.21. The number of likely N-dealkylation sites (N-methyl/N-ethyl adjacent to an activating group) is 1. The molecule has 19 heavy (non-hydrogen) atoms. The Morgan fingerprint density at radius 2 is 1.95 bits per heavy atom. The van der Waals surface area contributed by atoms with E-state index >= 15 is 0 Å². The molecule has 98 valence electrons. The lowest BCUT2D eigenvalue weighted by Crippen LogP contribution is -2.40. The fourth-order valence-electron chi connectivity index (χ4n) is 1.99. The minimum Gasteiger partial charge on any atom is -0.332 e. The first-order valence-electron chi connectivity index (χ1n) is 5.90. The molecule has 0 fully saturated rings. The van der Waals surface area contributed by atoms with E-state index in [0.717, 1.165) is 4.90 Å². The highest BCUT2D eigenvalue weighted by molar-refractivity contribution is 6.23. The van der Waals surface area contributed by atoms with Gasteiger partial charge in [-0.25, -0.2) is 4.90 Å². The third kappa shape index (κ3) is 2.27. The molecule has 5 heteroatoms. The molecule has 0 radical (unpaired) electrons. The molecule has 1 heterocycles. The number of nitrogens with zero attached hydrogens (tertiary/aromatic N) is 2. The molecule has 1 aromatic rings. The van der Waals surface area contributed by atoms with Crippen molar-refractivity contribution in [1.82, 2.24) is 4.90 Å². The van der Waals surface area contributed by atoms with Gasteiger partial charge in [0.05, 0.1) is 11.3 Å². The molecule has 1 aliphatic rings. The maximum absolute atomic E-state index is 12.1. The number of rotatable bonds is 1. The number of hydrogen-bond donors (Lipinski definition) is 0. The summed E-state index contributed by atoms with van der Waals surface area (Å²) in [5.74, 6) is -1.12. The lowest BCUT2D eigenvalue weighted by molar-refractivity contribution is -0.124. The van der Waals surface area contributed by atoms with Crippen LogP contribution in [-0.2, 0) is 9.59 Å². The summed E-state index contributed by atoms with van der Waals surface area (Å²) in [6, 6.07) is 6.62. The van der Waals surface area contributed by atoms with Crippen LogP contribution in [0.3, 0.4) is 0 Å². The van der Waals surface area contributed by atoms with Gasteiger partial charge in [-0.05, 0) is 25.1 Å². The smallest absolute Gasteiger partial charge is 0.257 e. The molecule has 0 N–H and O–H groups in total. The van der Waals surface area contributed by atoms with Gasteiger partial charge in [0, 0.05) is 7.05 Å². The van der Waals surface area contributed by atoms with Gasteiger partial charge >= 0.3 is 0 Å². The second kappa shape index (κ2) is 5.06. The van der Waals surface area contributed by atoms with E-state index in [1.165, 1.54) is 11.0 Å². The molecule has 5 nitrogen and oxygen atoms in total. The van der Waals surface area contributed by atoms with Gasteiger partial charge in [0.15, 0.2) is 0 Å². The van der Waals surface area contributed by atoms with E-state index in [9.17, 15) is 14.4 Å². The van der Waals surface area contributed by atoms with E-state index in [0.29, 0.717) is 11.3 Å². The van der Waals surface area contributed by atoms with Crippen molar-refractivity contribution >= 4 is 23.4 Å². The molecular formula is C14H14N2O3. The van der Waals surface area contributed by atoms with Crippen molar-refractivity contribution in [3.8, 4) is 0 Å². The number of carbonyl (C=O) groups is 3. The van der Waals surface area contributed by atoms with Crippen LogP contribution in [0.5, 0.6) is 0 Å². The van der Waals surface area contributed by atoms with Crippen molar-refractivity contribution in [2.75, 3.05) is 18.5 Å². The molecule has 2 rings (SSSR count). The minimum atomic E-state index is -0.442. The fraction of sp³-hybridized carbons (Fsp3) is 0.214.